The summed E-state index contributed by atoms with van der Waals surface area (Å²) in [5.74, 6) is 1.93. The minimum Gasteiger partial charge on any atom is -0.487 e. The number of aryl methyl sites for hydroxylation is 2. The van der Waals surface area contributed by atoms with Crippen LogP contribution in [0.3, 0.4) is 0 Å². The normalized spacial score (nSPS) is 13.7. The van der Waals surface area contributed by atoms with Crippen LogP contribution < -0.4 is 10.1 Å². The fourth-order valence-electron chi connectivity index (χ4n) is 3.63. The molecule has 8 nitrogen and oxygen atoms in total. The molecule has 0 unspecified atom stereocenters. The Kier molecular flexibility index (Phi) is 6.39. The van der Waals surface area contributed by atoms with Crippen molar-refractivity contribution in [3.63, 3.8) is 0 Å². The van der Waals surface area contributed by atoms with Gasteiger partial charge in [-0.15, -0.1) is 0 Å². The summed E-state index contributed by atoms with van der Waals surface area (Å²) in [6, 6.07) is 14.5. The molecular formula is C24H26N4O4. The number of furan rings is 1. The van der Waals surface area contributed by atoms with Crippen LogP contribution >= 0.6 is 0 Å². The van der Waals surface area contributed by atoms with Crippen molar-refractivity contribution in [3.05, 3.63) is 77.5 Å². The van der Waals surface area contributed by atoms with Crippen LogP contribution in [0.1, 0.15) is 27.6 Å². The van der Waals surface area contributed by atoms with Crippen molar-refractivity contribution in [2.45, 2.75) is 20.5 Å². The van der Waals surface area contributed by atoms with Crippen LogP contribution in [0.5, 0.6) is 5.75 Å². The molecule has 1 N–H and O–H groups in total. The Morgan fingerprint density at radius 2 is 1.81 bits per heavy atom. The average molecular weight is 434 g/mol. The summed E-state index contributed by atoms with van der Waals surface area (Å²) < 4.78 is 11.2. The molecule has 1 aliphatic rings. The molecule has 0 spiro atoms. The summed E-state index contributed by atoms with van der Waals surface area (Å²) in [5, 5.41) is 2.91. The number of piperazine rings is 1. The van der Waals surface area contributed by atoms with Gasteiger partial charge in [0.25, 0.3) is 5.91 Å². The Hall–Kier alpha value is -3.81. The van der Waals surface area contributed by atoms with Crippen LogP contribution in [-0.2, 0) is 6.61 Å². The number of hydrogen-bond donors (Lipinski definition) is 1. The molecule has 4 rings (SSSR count). The van der Waals surface area contributed by atoms with Crippen molar-refractivity contribution in [2.75, 3.05) is 31.5 Å². The molecule has 0 atom stereocenters. The lowest BCUT2D eigenvalue weighted by Crippen LogP contribution is -2.51. The first kappa shape index (κ1) is 21.4. The minimum absolute atomic E-state index is 0.0582. The lowest BCUT2D eigenvalue weighted by atomic mass is 10.2. The predicted octanol–water partition coefficient (Wildman–Crippen LogP) is 3.86. The van der Waals surface area contributed by atoms with E-state index in [4.69, 9.17) is 9.15 Å². The highest BCUT2D eigenvalue weighted by Crippen LogP contribution is 2.20. The Balaban J connectivity index is 1.29. The van der Waals surface area contributed by atoms with E-state index in [1.807, 2.05) is 43.3 Å². The van der Waals surface area contributed by atoms with E-state index < -0.39 is 0 Å². The van der Waals surface area contributed by atoms with Crippen LogP contribution in [0.25, 0.3) is 0 Å². The summed E-state index contributed by atoms with van der Waals surface area (Å²) in [5.41, 5.74) is 2.06. The van der Waals surface area contributed by atoms with E-state index in [-0.39, 0.29) is 11.9 Å². The summed E-state index contributed by atoms with van der Waals surface area (Å²) in [6.45, 7) is 5.84. The molecule has 0 bridgehead atoms. The molecule has 1 aliphatic heterocycles. The summed E-state index contributed by atoms with van der Waals surface area (Å²) in [4.78, 5) is 33.1. The van der Waals surface area contributed by atoms with Crippen molar-refractivity contribution in [3.8, 4) is 5.75 Å². The maximum absolute atomic E-state index is 12.7. The molecule has 1 fully saturated rings. The van der Waals surface area contributed by atoms with E-state index in [1.165, 1.54) is 0 Å². The zero-order chi connectivity index (χ0) is 22.5. The van der Waals surface area contributed by atoms with E-state index in [0.717, 1.165) is 11.5 Å². The Labute approximate surface area is 186 Å². The van der Waals surface area contributed by atoms with Crippen LogP contribution in [0.2, 0.25) is 0 Å². The zero-order valence-corrected chi connectivity index (χ0v) is 18.2. The van der Waals surface area contributed by atoms with Crippen molar-refractivity contribution in [2.24, 2.45) is 0 Å². The molecule has 0 saturated carbocycles. The SMILES string of the molecule is Cc1cc(C(=O)N2CCN(C(=O)Nc3cccc(OCc4ccccn4)c3)CC2)c(C)o1. The van der Waals surface area contributed by atoms with E-state index in [0.29, 0.717) is 55.5 Å². The van der Waals surface area contributed by atoms with Gasteiger partial charge in [0, 0.05) is 44.1 Å². The number of aromatic nitrogens is 1. The minimum atomic E-state index is -0.200. The third-order valence-electron chi connectivity index (χ3n) is 5.32. The van der Waals surface area contributed by atoms with Gasteiger partial charge in [-0.05, 0) is 44.2 Å². The van der Waals surface area contributed by atoms with Gasteiger partial charge in [0.05, 0.1) is 11.3 Å². The van der Waals surface area contributed by atoms with Gasteiger partial charge in [0.2, 0.25) is 0 Å². The van der Waals surface area contributed by atoms with Gasteiger partial charge in [-0.3, -0.25) is 9.78 Å². The Bertz CT molecular complexity index is 1090. The van der Waals surface area contributed by atoms with Gasteiger partial charge in [0.15, 0.2) is 0 Å². The molecule has 0 radical (unpaired) electrons. The number of hydrogen-bond acceptors (Lipinski definition) is 5. The number of anilines is 1. The van der Waals surface area contributed by atoms with Crippen LogP contribution in [0, 0.1) is 13.8 Å². The second-order valence-electron chi connectivity index (χ2n) is 7.67. The number of nitrogens with one attached hydrogen (secondary N) is 1. The Morgan fingerprint density at radius 1 is 1.03 bits per heavy atom. The van der Waals surface area contributed by atoms with E-state index in [1.54, 1.807) is 35.1 Å². The third kappa shape index (κ3) is 5.08. The van der Waals surface area contributed by atoms with E-state index in [2.05, 4.69) is 10.3 Å². The van der Waals surface area contributed by atoms with Crippen molar-refractivity contribution >= 4 is 17.6 Å². The van der Waals surface area contributed by atoms with Crippen molar-refractivity contribution < 1.29 is 18.7 Å². The molecule has 2 aromatic heterocycles. The number of amides is 3. The largest absolute Gasteiger partial charge is 0.487 e. The van der Waals surface area contributed by atoms with Gasteiger partial charge in [-0.1, -0.05) is 12.1 Å². The smallest absolute Gasteiger partial charge is 0.321 e. The number of pyridine rings is 1. The molecular weight excluding hydrogens is 408 g/mol. The number of nitrogens with zero attached hydrogens (tertiary/aromatic N) is 3. The van der Waals surface area contributed by atoms with Crippen molar-refractivity contribution in [1.29, 1.82) is 0 Å². The first-order valence-corrected chi connectivity index (χ1v) is 10.5. The standard InChI is InChI=1S/C24H26N4O4/c1-17-14-22(18(2)32-17)23(29)27-10-12-28(13-11-27)24(30)26-19-7-5-8-21(15-19)31-16-20-6-3-4-9-25-20/h3-9,14-15H,10-13,16H2,1-2H3,(H,26,30). The topological polar surface area (TPSA) is 87.9 Å². The van der Waals surface area contributed by atoms with Gasteiger partial charge in [-0.2, -0.15) is 0 Å². The number of carbonyl (C=O) groups excluding carboxylic acids is 2. The molecule has 166 valence electrons. The van der Waals surface area contributed by atoms with Gasteiger partial charge in [0.1, 0.15) is 23.9 Å². The molecule has 32 heavy (non-hydrogen) atoms. The maximum atomic E-state index is 12.7. The summed E-state index contributed by atoms with van der Waals surface area (Å²) in [6.07, 6.45) is 1.72. The monoisotopic (exact) mass is 434 g/mol. The average Bonchev–Trinajstić information content (AvgIpc) is 3.16. The number of benzene rings is 1. The lowest BCUT2D eigenvalue weighted by molar-refractivity contribution is 0.0670. The molecule has 0 aliphatic carbocycles. The molecule has 3 aromatic rings. The van der Waals surface area contributed by atoms with Gasteiger partial charge >= 0.3 is 6.03 Å². The fourth-order valence-corrected chi connectivity index (χ4v) is 3.63. The van der Waals surface area contributed by atoms with Crippen LogP contribution in [0.4, 0.5) is 10.5 Å². The molecule has 1 saturated heterocycles. The van der Waals surface area contributed by atoms with E-state index in [9.17, 15) is 9.59 Å². The molecule has 8 heteroatoms. The van der Waals surface area contributed by atoms with Gasteiger partial charge < -0.3 is 24.3 Å². The highest BCUT2D eigenvalue weighted by Gasteiger charge is 2.26. The fraction of sp³-hybridized carbons (Fsp3) is 0.292. The van der Waals surface area contributed by atoms with Crippen LogP contribution in [-0.4, -0.2) is 52.9 Å². The number of rotatable bonds is 5. The lowest BCUT2D eigenvalue weighted by Gasteiger charge is -2.34. The number of carbonyl (C=O) groups is 2. The highest BCUT2D eigenvalue weighted by atomic mass is 16.5. The predicted molar refractivity (Wildman–Crippen MR) is 120 cm³/mol. The number of ether oxygens (including phenoxy) is 1. The van der Waals surface area contributed by atoms with Crippen LogP contribution in [0.15, 0.2) is 59.1 Å². The summed E-state index contributed by atoms with van der Waals surface area (Å²) >= 11 is 0. The molecule has 3 amide bonds. The second-order valence-corrected chi connectivity index (χ2v) is 7.67. The van der Waals surface area contributed by atoms with E-state index >= 15 is 0 Å². The zero-order valence-electron chi connectivity index (χ0n) is 18.2. The number of urea groups is 1. The summed E-state index contributed by atoms with van der Waals surface area (Å²) in [7, 11) is 0. The maximum Gasteiger partial charge on any atom is 0.321 e. The molecule has 3 heterocycles. The molecule has 1 aromatic carbocycles. The quantitative estimate of drug-likeness (QED) is 0.659. The second kappa shape index (κ2) is 9.55. The van der Waals surface area contributed by atoms with Crippen molar-refractivity contribution in [1.82, 2.24) is 14.8 Å². The van der Waals surface area contributed by atoms with Gasteiger partial charge in [-0.25, -0.2) is 4.79 Å². The third-order valence-corrected chi connectivity index (χ3v) is 5.32. The first-order chi connectivity index (χ1) is 15.5. The Morgan fingerprint density at radius 3 is 2.50 bits per heavy atom. The first-order valence-electron chi connectivity index (χ1n) is 10.5. The highest BCUT2D eigenvalue weighted by molar-refractivity contribution is 5.95.